The lowest BCUT2D eigenvalue weighted by Gasteiger charge is -2.27. The van der Waals surface area contributed by atoms with Gasteiger partial charge in [-0.3, -0.25) is 4.79 Å². The van der Waals surface area contributed by atoms with Crippen molar-refractivity contribution in [3.63, 3.8) is 0 Å². The summed E-state index contributed by atoms with van der Waals surface area (Å²) in [6.07, 6.45) is 0.597. The summed E-state index contributed by atoms with van der Waals surface area (Å²) in [4.78, 5) is 23.4. The van der Waals surface area contributed by atoms with Crippen molar-refractivity contribution in [2.75, 3.05) is 17.7 Å². The van der Waals surface area contributed by atoms with Crippen molar-refractivity contribution in [2.45, 2.75) is 6.54 Å². The third-order valence-corrected chi connectivity index (χ3v) is 2.35. The zero-order chi connectivity index (χ0) is 10.8. The van der Waals surface area contributed by atoms with Crippen LogP contribution in [0.4, 0.5) is 16.2 Å². The predicted octanol–water partition coefficient (Wildman–Crippen LogP) is 1.23. The molecule has 0 fully saturated rings. The molecule has 5 heteroatoms. The summed E-state index contributed by atoms with van der Waals surface area (Å²) in [6.45, 7) is 0.551. The van der Waals surface area contributed by atoms with Gasteiger partial charge in [-0.1, -0.05) is 12.1 Å². The Morgan fingerprint density at radius 3 is 3.07 bits per heavy atom. The molecule has 3 amide bonds. The van der Waals surface area contributed by atoms with E-state index in [0.29, 0.717) is 24.3 Å². The van der Waals surface area contributed by atoms with Gasteiger partial charge in [0.1, 0.15) is 0 Å². The maximum Gasteiger partial charge on any atom is 0.321 e. The van der Waals surface area contributed by atoms with Gasteiger partial charge in [-0.25, -0.2) is 4.79 Å². The Morgan fingerprint density at radius 1 is 1.53 bits per heavy atom. The summed E-state index contributed by atoms with van der Waals surface area (Å²) in [5.74, 6) is 0. The Balaban J connectivity index is 2.42. The molecule has 2 N–H and O–H groups in total. The van der Waals surface area contributed by atoms with E-state index in [0.717, 1.165) is 5.56 Å². The van der Waals surface area contributed by atoms with Gasteiger partial charge in [0.2, 0.25) is 6.41 Å². The van der Waals surface area contributed by atoms with E-state index in [4.69, 9.17) is 0 Å². The van der Waals surface area contributed by atoms with Gasteiger partial charge in [0.25, 0.3) is 0 Å². The van der Waals surface area contributed by atoms with Crippen molar-refractivity contribution in [3.8, 4) is 0 Å². The lowest BCUT2D eigenvalue weighted by Crippen LogP contribution is -2.35. The van der Waals surface area contributed by atoms with Crippen LogP contribution in [0.2, 0.25) is 0 Å². The van der Waals surface area contributed by atoms with Gasteiger partial charge < -0.3 is 15.5 Å². The van der Waals surface area contributed by atoms with Crippen LogP contribution in [0.25, 0.3) is 0 Å². The molecule has 0 aliphatic carbocycles. The highest BCUT2D eigenvalue weighted by atomic mass is 16.2. The van der Waals surface area contributed by atoms with Crippen LogP contribution in [-0.4, -0.2) is 24.4 Å². The minimum atomic E-state index is -0.164. The number of anilines is 2. The monoisotopic (exact) mass is 205 g/mol. The number of hydrogen-bond donors (Lipinski definition) is 2. The van der Waals surface area contributed by atoms with E-state index in [1.165, 1.54) is 0 Å². The molecule has 1 aromatic carbocycles. The molecule has 1 heterocycles. The fourth-order valence-electron chi connectivity index (χ4n) is 1.59. The SMILES string of the molecule is CN1Cc2cccc(NC=O)c2NC1=O. The molecular weight excluding hydrogens is 194 g/mol. The van der Waals surface area contributed by atoms with Gasteiger partial charge in [-0.15, -0.1) is 0 Å². The zero-order valence-electron chi connectivity index (χ0n) is 8.28. The first-order valence-electron chi connectivity index (χ1n) is 4.56. The summed E-state index contributed by atoms with van der Waals surface area (Å²) >= 11 is 0. The molecule has 0 aromatic heterocycles. The van der Waals surface area contributed by atoms with E-state index in [-0.39, 0.29) is 6.03 Å². The van der Waals surface area contributed by atoms with Gasteiger partial charge in [0, 0.05) is 13.6 Å². The molecule has 0 bridgehead atoms. The molecule has 15 heavy (non-hydrogen) atoms. The van der Waals surface area contributed by atoms with Crippen molar-refractivity contribution < 1.29 is 9.59 Å². The number of carbonyl (C=O) groups excluding carboxylic acids is 2. The van der Waals surface area contributed by atoms with Gasteiger partial charge in [-0.05, 0) is 11.6 Å². The first-order valence-corrected chi connectivity index (χ1v) is 4.56. The molecular formula is C10H11N3O2. The number of rotatable bonds is 2. The lowest BCUT2D eigenvalue weighted by atomic mass is 10.1. The summed E-state index contributed by atoms with van der Waals surface area (Å²) in [6, 6.07) is 5.35. The van der Waals surface area contributed by atoms with E-state index in [9.17, 15) is 9.59 Å². The van der Waals surface area contributed by atoms with Gasteiger partial charge in [0.15, 0.2) is 0 Å². The second-order valence-corrected chi connectivity index (χ2v) is 3.39. The number of amides is 3. The molecule has 78 valence electrons. The van der Waals surface area contributed by atoms with Crippen molar-refractivity contribution in [1.29, 1.82) is 0 Å². The number of urea groups is 1. The maximum absolute atomic E-state index is 11.4. The Labute approximate surface area is 87.1 Å². The minimum absolute atomic E-state index is 0.164. The van der Waals surface area contributed by atoms with Crippen LogP contribution in [-0.2, 0) is 11.3 Å². The minimum Gasteiger partial charge on any atom is -0.327 e. The first kappa shape index (κ1) is 9.51. The molecule has 1 aliphatic heterocycles. The maximum atomic E-state index is 11.4. The van der Waals surface area contributed by atoms with Crippen molar-refractivity contribution in [2.24, 2.45) is 0 Å². The summed E-state index contributed by atoms with van der Waals surface area (Å²) in [5.41, 5.74) is 2.31. The zero-order valence-corrected chi connectivity index (χ0v) is 8.28. The number of nitrogens with zero attached hydrogens (tertiary/aromatic N) is 1. The van der Waals surface area contributed by atoms with E-state index < -0.39 is 0 Å². The lowest BCUT2D eigenvalue weighted by molar-refractivity contribution is -0.105. The number of para-hydroxylation sites is 1. The second-order valence-electron chi connectivity index (χ2n) is 3.39. The van der Waals surface area contributed by atoms with Crippen molar-refractivity contribution >= 4 is 23.8 Å². The molecule has 0 atom stereocenters. The largest absolute Gasteiger partial charge is 0.327 e. The number of benzene rings is 1. The highest BCUT2D eigenvalue weighted by Gasteiger charge is 2.20. The number of nitrogens with one attached hydrogen (secondary N) is 2. The van der Waals surface area contributed by atoms with Crippen LogP contribution >= 0.6 is 0 Å². The van der Waals surface area contributed by atoms with E-state index in [1.807, 2.05) is 12.1 Å². The summed E-state index contributed by atoms with van der Waals surface area (Å²) < 4.78 is 0. The van der Waals surface area contributed by atoms with Crippen LogP contribution in [0.1, 0.15) is 5.56 Å². The highest BCUT2D eigenvalue weighted by molar-refractivity contribution is 5.97. The van der Waals surface area contributed by atoms with Gasteiger partial charge in [-0.2, -0.15) is 0 Å². The number of fused-ring (bicyclic) bond motifs is 1. The van der Waals surface area contributed by atoms with Crippen LogP contribution in [0.5, 0.6) is 0 Å². The topological polar surface area (TPSA) is 61.4 Å². The molecule has 0 spiro atoms. The van der Waals surface area contributed by atoms with E-state index >= 15 is 0 Å². The summed E-state index contributed by atoms with van der Waals surface area (Å²) in [7, 11) is 1.72. The smallest absolute Gasteiger partial charge is 0.321 e. The average molecular weight is 205 g/mol. The Bertz CT molecular complexity index is 417. The van der Waals surface area contributed by atoms with Crippen LogP contribution in [0.3, 0.4) is 0 Å². The molecule has 1 aliphatic rings. The predicted molar refractivity (Wildman–Crippen MR) is 56.6 cm³/mol. The van der Waals surface area contributed by atoms with Crippen LogP contribution in [0, 0.1) is 0 Å². The van der Waals surface area contributed by atoms with Gasteiger partial charge >= 0.3 is 6.03 Å². The first-order chi connectivity index (χ1) is 7.22. The van der Waals surface area contributed by atoms with Crippen molar-refractivity contribution in [3.05, 3.63) is 23.8 Å². The van der Waals surface area contributed by atoms with Crippen molar-refractivity contribution in [1.82, 2.24) is 4.90 Å². The van der Waals surface area contributed by atoms with E-state index in [2.05, 4.69) is 10.6 Å². The molecule has 0 saturated heterocycles. The third kappa shape index (κ3) is 1.63. The number of hydrogen-bond acceptors (Lipinski definition) is 2. The second kappa shape index (κ2) is 3.61. The molecule has 5 nitrogen and oxygen atoms in total. The fourth-order valence-corrected chi connectivity index (χ4v) is 1.59. The standard InChI is InChI=1S/C10H11N3O2/c1-13-5-7-3-2-4-8(11-6-14)9(7)12-10(13)15/h2-4,6H,5H2,1H3,(H,11,14)(H,12,15). The van der Waals surface area contributed by atoms with E-state index in [1.54, 1.807) is 18.0 Å². The summed E-state index contributed by atoms with van der Waals surface area (Å²) in [5, 5.41) is 5.29. The van der Waals surface area contributed by atoms with Crippen LogP contribution < -0.4 is 10.6 Å². The molecule has 0 saturated carbocycles. The fraction of sp³-hybridized carbons (Fsp3) is 0.200. The quantitative estimate of drug-likeness (QED) is 0.713. The molecule has 1 aromatic rings. The Kier molecular flexibility index (Phi) is 2.29. The average Bonchev–Trinajstić information content (AvgIpc) is 2.21. The highest BCUT2D eigenvalue weighted by Crippen LogP contribution is 2.29. The molecule has 0 unspecified atom stereocenters. The normalized spacial score (nSPS) is 14.2. The molecule has 2 rings (SSSR count). The van der Waals surface area contributed by atoms with Gasteiger partial charge in [0.05, 0.1) is 11.4 Å². The number of carbonyl (C=O) groups is 2. The Morgan fingerprint density at radius 2 is 2.33 bits per heavy atom. The Hall–Kier alpha value is -2.04. The molecule has 0 radical (unpaired) electrons. The third-order valence-electron chi connectivity index (χ3n) is 2.35. The van der Waals surface area contributed by atoms with Crippen LogP contribution in [0.15, 0.2) is 18.2 Å².